The zero-order valence-corrected chi connectivity index (χ0v) is 15.3. The number of aryl methyl sites for hydroxylation is 1. The molecule has 0 aromatic carbocycles. The van der Waals surface area contributed by atoms with Crippen LogP contribution in [0.3, 0.4) is 0 Å². The monoisotopic (exact) mass is 384 g/mol. The molecule has 27 heavy (non-hydrogen) atoms. The summed E-state index contributed by atoms with van der Waals surface area (Å²) in [6.07, 6.45) is 5.65. The Morgan fingerprint density at radius 1 is 1.26 bits per heavy atom. The Morgan fingerprint density at radius 2 is 2.11 bits per heavy atom. The summed E-state index contributed by atoms with van der Waals surface area (Å²) in [6, 6.07) is 1.57. The fourth-order valence-electron chi connectivity index (χ4n) is 2.84. The number of carbonyl (C=O) groups is 2. The van der Waals surface area contributed by atoms with Crippen molar-refractivity contribution in [3.8, 4) is 10.7 Å². The average molecular weight is 384 g/mol. The minimum Gasteiger partial charge on any atom is -0.361 e. The van der Waals surface area contributed by atoms with Crippen molar-refractivity contribution in [3.63, 3.8) is 0 Å². The van der Waals surface area contributed by atoms with E-state index in [1.807, 2.05) is 5.38 Å². The van der Waals surface area contributed by atoms with Gasteiger partial charge in [-0.15, -0.1) is 11.3 Å². The maximum absolute atomic E-state index is 12.7. The van der Waals surface area contributed by atoms with Gasteiger partial charge in [-0.05, 0) is 13.3 Å². The number of hydrogen-bond donors (Lipinski definition) is 0. The molecule has 10 heteroatoms. The minimum absolute atomic E-state index is 0.110. The highest BCUT2D eigenvalue weighted by Crippen LogP contribution is 2.22. The highest BCUT2D eigenvalue weighted by Gasteiger charge is 2.32. The van der Waals surface area contributed by atoms with Crippen molar-refractivity contribution >= 4 is 23.2 Å². The Labute approximate surface area is 158 Å². The van der Waals surface area contributed by atoms with Gasteiger partial charge in [0.15, 0.2) is 5.69 Å². The number of nitrogens with zero attached hydrogens (tertiary/aromatic N) is 6. The maximum atomic E-state index is 12.7. The van der Waals surface area contributed by atoms with Gasteiger partial charge in [0.1, 0.15) is 16.5 Å². The van der Waals surface area contributed by atoms with Crippen LogP contribution < -0.4 is 0 Å². The van der Waals surface area contributed by atoms with Crippen LogP contribution in [0.5, 0.6) is 0 Å². The standard InChI is InChI=1S/C17H16N6O3S/c1-11-7-13(21-26-11)17(25)23-6-2-5-22(23)15(24)8-12-10-27-16(20-12)14-9-18-3-4-19-14/h3-4,7,9-10H,2,5-6,8H2,1H3. The van der Waals surface area contributed by atoms with Crippen LogP contribution in [-0.2, 0) is 11.2 Å². The van der Waals surface area contributed by atoms with E-state index in [-0.39, 0.29) is 23.9 Å². The molecule has 1 fully saturated rings. The van der Waals surface area contributed by atoms with E-state index in [0.717, 1.165) is 6.42 Å². The number of rotatable bonds is 4. The van der Waals surface area contributed by atoms with Gasteiger partial charge in [-0.3, -0.25) is 24.6 Å². The molecule has 3 aromatic rings. The van der Waals surface area contributed by atoms with Crippen LogP contribution in [-0.4, -0.2) is 55.0 Å². The second-order valence-corrected chi connectivity index (χ2v) is 6.89. The van der Waals surface area contributed by atoms with E-state index < -0.39 is 0 Å². The van der Waals surface area contributed by atoms with Gasteiger partial charge in [0.25, 0.3) is 5.91 Å². The summed E-state index contributed by atoms with van der Waals surface area (Å²) in [5.74, 6) is 0.0303. The van der Waals surface area contributed by atoms with Gasteiger partial charge in [0, 0.05) is 36.9 Å². The van der Waals surface area contributed by atoms with Crippen LogP contribution >= 0.6 is 11.3 Å². The molecule has 0 atom stereocenters. The summed E-state index contributed by atoms with van der Waals surface area (Å²) < 4.78 is 4.96. The maximum Gasteiger partial charge on any atom is 0.294 e. The Bertz CT molecular complexity index is 970. The molecule has 1 aliphatic rings. The predicted octanol–water partition coefficient (Wildman–Crippen LogP) is 1.73. The quantitative estimate of drug-likeness (QED) is 0.674. The second kappa shape index (κ2) is 7.23. The lowest BCUT2D eigenvalue weighted by Gasteiger charge is -2.26. The third-order valence-electron chi connectivity index (χ3n) is 4.07. The second-order valence-electron chi connectivity index (χ2n) is 6.03. The largest absolute Gasteiger partial charge is 0.361 e. The van der Waals surface area contributed by atoms with Crippen molar-refractivity contribution in [1.82, 2.24) is 30.1 Å². The lowest BCUT2D eigenvalue weighted by Crippen LogP contribution is -2.45. The first kappa shape index (κ1) is 17.3. The summed E-state index contributed by atoms with van der Waals surface area (Å²) in [5.41, 5.74) is 1.51. The van der Waals surface area contributed by atoms with Gasteiger partial charge in [-0.25, -0.2) is 9.99 Å². The lowest BCUT2D eigenvalue weighted by molar-refractivity contribution is -0.139. The van der Waals surface area contributed by atoms with E-state index in [4.69, 9.17) is 4.52 Å². The van der Waals surface area contributed by atoms with Crippen LogP contribution in [0.4, 0.5) is 0 Å². The molecule has 2 amide bonds. The van der Waals surface area contributed by atoms with Crippen LogP contribution in [0.25, 0.3) is 10.7 Å². The van der Waals surface area contributed by atoms with Crippen molar-refractivity contribution in [2.45, 2.75) is 19.8 Å². The molecule has 0 aliphatic carbocycles. The Kier molecular flexibility index (Phi) is 4.63. The van der Waals surface area contributed by atoms with E-state index in [2.05, 4.69) is 20.1 Å². The fraction of sp³-hybridized carbons (Fsp3) is 0.294. The molecule has 0 spiro atoms. The summed E-state index contributed by atoms with van der Waals surface area (Å²) in [7, 11) is 0. The van der Waals surface area contributed by atoms with Crippen LogP contribution in [0.2, 0.25) is 0 Å². The fourth-order valence-corrected chi connectivity index (χ4v) is 3.62. The van der Waals surface area contributed by atoms with Crippen LogP contribution in [0.15, 0.2) is 34.6 Å². The van der Waals surface area contributed by atoms with Gasteiger partial charge >= 0.3 is 0 Å². The molecule has 0 saturated carbocycles. The number of hydrogen-bond acceptors (Lipinski definition) is 8. The highest BCUT2D eigenvalue weighted by atomic mass is 32.1. The minimum atomic E-state index is -0.337. The Morgan fingerprint density at radius 3 is 2.85 bits per heavy atom. The number of thiazole rings is 1. The third kappa shape index (κ3) is 3.56. The smallest absolute Gasteiger partial charge is 0.294 e. The van der Waals surface area contributed by atoms with E-state index in [0.29, 0.717) is 35.2 Å². The van der Waals surface area contributed by atoms with Gasteiger partial charge in [0.05, 0.1) is 18.3 Å². The molecule has 9 nitrogen and oxygen atoms in total. The molecule has 1 saturated heterocycles. The normalized spacial score (nSPS) is 14.0. The van der Waals surface area contributed by atoms with E-state index in [1.54, 1.807) is 31.6 Å². The average Bonchev–Trinajstić information content (AvgIpc) is 3.42. The molecule has 0 bridgehead atoms. The van der Waals surface area contributed by atoms with Crippen molar-refractivity contribution in [2.75, 3.05) is 13.1 Å². The molecular weight excluding hydrogens is 368 g/mol. The molecule has 3 aromatic heterocycles. The van der Waals surface area contributed by atoms with Crippen molar-refractivity contribution in [1.29, 1.82) is 0 Å². The number of amides is 2. The van der Waals surface area contributed by atoms with Crippen molar-refractivity contribution in [2.24, 2.45) is 0 Å². The van der Waals surface area contributed by atoms with E-state index in [9.17, 15) is 9.59 Å². The number of hydrazine groups is 1. The first-order chi connectivity index (χ1) is 13.1. The highest BCUT2D eigenvalue weighted by molar-refractivity contribution is 7.13. The Hall–Kier alpha value is -3.14. The summed E-state index contributed by atoms with van der Waals surface area (Å²) >= 11 is 1.41. The summed E-state index contributed by atoms with van der Waals surface area (Å²) in [4.78, 5) is 38.0. The van der Waals surface area contributed by atoms with Crippen molar-refractivity contribution < 1.29 is 14.1 Å². The SMILES string of the molecule is Cc1cc(C(=O)N2CCCN2C(=O)Cc2csc(-c3cnccn3)n2)no1. The molecular formula is C17H16N6O3S. The zero-order chi connectivity index (χ0) is 18.8. The van der Waals surface area contributed by atoms with Crippen molar-refractivity contribution in [3.05, 3.63) is 47.2 Å². The Balaban J connectivity index is 1.46. The first-order valence-corrected chi connectivity index (χ1v) is 9.26. The number of aromatic nitrogens is 4. The van der Waals surface area contributed by atoms with Gasteiger partial charge < -0.3 is 4.52 Å². The van der Waals surface area contributed by atoms with Gasteiger partial charge in [0.2, 0.25) is 5.91 Å². The molecule has 0 N–H and O–H groups in total. The number of carbonyl (C=O) groups excluding carboxylic acids is 2. The van der Waals surface area contributed by atoms with Gasteiger partial charge in [-0.1, -0.05) is 5.16 Å². The molecule has 4 rings (SSSR count). The molecule has 0 unspecified atom stereocenters. The van der Waals surface area contributed by atoms with Gasteiger partial charge in [-0.2, -0.15) is 0 Å². The van der Waals surface area contributed by atoms with E-state index in [1.165, 1.54) is 21.4 Å². The first-order valence-electron chi connectivity index (χ1n) is 8.38. The molecule has 0 radical (unpaired) electrons. The third-order valence-corrected chi connectivity index (χ3v) is 4.98. The molecule has 138 valence electrons. The molecule has 1 aliphatic heterocycles. The van der Waals surface area contributed by atoms with Crippen LogP contribution in [0, 0.1) is 6.92 Å². The lowest BCUT2D eigenvalue weighted by atomic mass is 10.3. The predicted molar refractivity (Wildman–Crippen MR) is 95.5 cm³/mol. The summed E-state index contributed by atoms with van der Waals surface area (Å²) in [6.45, 7) is 2.68. The summed E-state index contributed by atoms with van der Waals surface area (Å²) in [5, 5.41) is 9.17. The van der Waals surface area contributed by atoms with E-state index >= 15 is 0 Å². The van der Waals surface area contributed by atoms with Crippen LogP contribution in [0.1, 0.15) is 28.4 Å². The zero-order valence-electron chi connectivity index (χ0n) is 14.5. The topological polar surface area (TPSA) is 105 Å². The molecule has 4 heterocycles.